The first kappa shape index (κ1) is 19.2. The number of hydrogen-bond donors (Lipinski definition) is 2. The third kappa shape index (κ3) is 6.43. The minimum Gasteiger partial charge on any atom is -0.467 e. The Morgan fingerprint density at radius 2 is 1.96 bits per heavy atom. The van der Waals surface area contributed by atoms with Crippen molar-refractivity contribution in [3.8, 4) is 0 Å². The second-order valence-corrected chi connectivity index (χ2v) is 6.61. The van der Waals surface area contributed by atoms with E-state index >= 15 is 0 Å². The Hall–Kier alpha value is -1.83. The van der Waals surface area contributed by atoms with Crippen molar-refractivity contribution in [2.75, 3.05) is 27.2 Å². The lowest BCUT2D eigenvalue weighted by Gasteiger charge is -2.24. The summed E-state index contributed by atoms with van der Waals surface area (Å²) < 4.78 is 9.78. The van der Waals surface area contributed by atoms with E-state index < -0.39 is 23.7 Å². The highest BCUT2D eigenvalue weighted by Crippen LogP contribution is 2.14. The second-order valence-electron chi connectivity index (χ2n) is 6.61. The molecule has 0 aromatic rings. The lowest BCUT2D eigenvalue weighted by molar-refractivity contribution is -0.145. The summed E-state index contributed by atoms with van der Waals surface area (Å²) in [7, 11) is 3.10. The lowest BCUT2D eigenvalue weighted by Crippen LogP contribution is -2.53. The number of ether oxygens (including phenoxy) is 2. The fraction of sp³-hybridized carbons (Fsp3) is 0.800. The zero-order valence-corrected chi connectivity index (χ0v) is 14.5. The molecule has 0 aromatic heterocycles. The van der Waals surface area contributed by atoms with Gasteiger partial charge in [0.25, 0.3) is 0 Å². The molecule has 2 unspecified atom stereocenters. The molecule has 1 rings (SSSR count). The van der Waals surface area contributed by atoms with Crippen LogP contribution in [0.1, 0.15) is 33.6 Å². The van der Waals surface area contributed by atoms with Gasteiger partial charge in [0.1, 0.15) is 11.6 Å². The molecule has 2 N–H and O–H groups in total. The molecule has 2 amide bonds. The van der Waals surface area contributed by atoms with Crippen molar-refractivity contribution in [2.24, 2.45) is 0 Å². The van der Waals surface area contributed by atoms with Crippen molar-refractivity contribution < 1.29 is 23.9 Å². The molecule has 0 bridgehead atoms. The van der Waals surface area contributed by atoms with Crippen molar-refractivity contribution in [3.05, 3.63) is 0 Å². The first-order valence-corrected chi connectivity index (χ1v) is 7.69. The highest BCUT2D eigenvalue weighted by atomic mass is 16.6. The third-order valence-electron chi connectivity index (χ3n) is 3.47. The van der Waals surface area contributed by atoms with Gasteiger partial charge in [0.15, 0.2) is 0 Å². The van der Waals surface area contributed by atoms with E-state index in [0.29, 0.717) is 0 Å². The standard InChI is InChI=1S/C15H27N3O5/c1-15(2,3)23-14(21)16-9-10(13(20)22-5)17-12(19)11-7-6-8-18(11)4/h10-11H,6-9H2,1-5H3,(H,16,21)(H,17,19). The number of esters is 1. The van der Waals surface area contributed by atoms with Gasteiger partial charge in [-0.15, -0.1) is 0 Å². The van der Waals surface area contributed by atoms with Crippen LogP contribution in [-0.2, 0) is 19.1 Å². The fourth-order valence-electron chi connectivity index (χ4n) is 2.34. The SMILES string of the molecule is COC(=O)C(CNC(=O)OC(C)(C)C)NC(=O)C1CCCN1C. The number of likely N-dealkylation sites (tertiary alicyclic amines) is 1. The van der Waals surface area contributed by atoms with Crippen LogP contribution in [-0.4, -0.2) is 67.8 Å². The van der Waals surface area contributed by atoms with Crippen LogP contribution in [0.3, 0.4) is 0 Å². The minimum absolute atomic E-state index is 0.0935. The van der Waals surface area contributed by atoms with Gasteiger partial charge in [-0.1, -0.05) is 0 Å². The molecule has 8 nitrogen and oxygen atoms in total. The van der Waals surface area contributed by atoms with Gasteiger partial charge in [0, 0.05) is 0 Å². The van der Waals surface area contributed by atoms with E-state index in [4.69, 9.17) is 4.74 Å². The largest absolute Gasteiger partial charge is 0.467 e. The van der Waals surface area contributed by atoms with Crippen molar-refractivity contribution in [2.45, 2.75) is 51.3 Å². The molecule has 1 aliphatic rings. The normalized spacial score (nSPS) is 19.8. The molecule has 1 aliphatic heterocycles. The predicted molar refractivity (Wildman–Crippen MR) is 83.8 cm³/mol. The molecule has 0 aromatic carbocycles. The zero-order valence-electron chi connectivity index (χ0n) is 14.5. The molecule has 0 spiro atoms. The number of carbonyl (C=O) groups is 3. The van der Waals surface area contributed by atoms with E-state index in [1.807, 2.05) is 11.9 Å². The summed E-state index contributed by atoms with van der Waals surface area (Å²) in [6.45, 7) is 5.97. The predicted octanol–water partition coefficient (Wildman–Crippen LogP) is 0.263. The Morgan fingerprint density at radius 1 is 1.30 bits per heavy atom. The molecule has 1 fully saturated rings. The van der Waals surface area contributed by atoms with Crippen LogP contribution in [0.4, 0.5) is 4.79 Å². The number of nitrogens with one attached hydrogen (secondary N) is 2. The fourth-order valence-corrected chi connectivity index (χ4v) is 2.34. The molecule has 1 heterocycles. The number of methoxy groups -OCH3 is 1. The summed E-state index contributed by atoms with van der Waals surface area (Å²) in [5.41, 5.74) is -0.638. The molecule has 23 heavy (non-hydrogen) atoms. The van der Waals surface area contributed by atoms with E-state index in [2.05, 4.69) is 15.4 Å². The summed E-state index contributed by atoms with van der Waals surface area (Å²) in [4.78, 5) is 37.7. The van der Waals surface area contributed by atoms with E-state index in [0.717, 1.165) is 19.4 Å². The summed E-state index contributed by atoms with van der Waals surface area (Å²) in [5, 5.41) is 5.10. The van der Waals surface area contributed by atoms with E-state index in [1.54, 1.807) is 20.8 Å². The average molecular weight is 329 g/mol. The van der Waals surface area contributed by atoms with Gasteiger partial charge in [-0.05, 0) is 47.2 Å². The molecule has 2 atom stereocenters. The van der Waals surface area contributed by atoms with Crippen LogP contribution in [0.25, 0.3) is 0 Å². The summed E-state index contributed by atoms with van der Waals surface area (Å²) in [6, 6.07) is -1.21. The maximum atomic E-state index is 12.3. The van der Waals surface area contributed by atoms with Gasteiger partial charge in [-0.2, -0.15) is 0 Å². The molecule has 0 saturated carbocycles. The van der Waals surface area contributed by atoms with Crippen LogP contribution >= 0.6 is 0 Å². The van der Waals surface area contributed by atoms with E-state index in [1.165, 1.54) is 7.11 Å². The summed E-state index contributed by atoms with van der Waals surface area (Å²) in [5.74, 6) is -0.860. The Balaban J connectivity index is 2.57. The van der Waals surface area contributed by atoms with Gasteiger partial charge < -0.3 is 20.1 Å². The number of likely N-dealkylation sites (N-methyl/N-ethyl adjacent to an activating group) is 1. The maximum absolute atomic E-state index is 12.3. The first-order valence-electron chi connectivity index (χ1n) is 7.69. The van der Waals surface area contributed by atoms with Crippen molar-refractivity contribution in [1.82, 2.24) is 15.5 Å². The molecule has 1 saturated heterocycles. The van der Waals surface area contributed by atoms with Gasteiger partial charge in [0.05, 0.1) is 19.7 Å². The number of carbonyl (C=O) groups excluding carboxylic acids is 3. The number of alkyl carbamates (subject to hydrolysis) is 1. The quantitative estimate of drug-likeness (QED) is 0.703. The Bertz CT molecular complexity index is 447. The molecule has 0 radical (unpaired) electrons. The van der Waals surface area contributed by atoms with Gasteiger partial charge in [-0.3, -0.25) is 9.69 Å². The number of amides is 2. The Labute approximate surface area is 136 Å². The van der Waals surface area contributed by atoms with Gasteiger partial charge in [-0.25, -0.2) is 9.59 Å². The van der Waals surface area contributed by atoms with Crippen LogP contribution in [0.2, 0.25) is 0 Å². The highest BCUT2D eigenvalue weighted by Gasteiger charge is 2.31. The molecule has 132 valence electrons. The average Bonchev–Trinajstić information content (AvgIpc) is 2.86. The zero-order chi connectivity index (χ0) is 17.6. The third-order valence-corrected chi connectivity index (χ3v) is 3.47. The monoisotopic (exact) mass is 329 g/mol. The van der Waals surface area contributed by atoms with Crippen LogP contribution in [0, 0.1) is 0 Å². The van der Waals surface area contributed by atoms with Crippen molar-refractivity contribution >= 4 is 18.0 Å². The first-order chi connectivity index (χ1) is 10.6. The molecule has 0 aliphatic carbocycles. The van der Waals surface area contributed by atoms with Crippen LogP contribution < -0.4 is 10.6 Å². The molecule has 8 heteroatoms. The highest BCUT2D eigenvalue weighted by molar-refractivity contribution is 5.88. The van der Waals surface area contributed by atoms with E-state index in [-0.39, 0.29) is 18.5 Å². The van der Waals surface area contributed by atoms with E-state index in [9.17, 15) is 14.4 Å². The van der Waals surface area contributed by atoms with Crippen LogP contribution in [0.15, 0.2) is 0 Å². The Morgan fingerprint density at radius 3 is 2.43 bits per heavy atom. The number of rotatable bonds is 5. The number of hydrogen-bond acceptors (Lipinski definition) is 6. The smallest absolute Gasteiger partial charge is 0.407 e. The topological polar surface area (TPSA) is 97.0 Å². The van der Waals surface area contributed by atoms with Crippen molar-refractivity contribution in [3.63, 3.8) is 0 Å². The Kier molecular flexibility index (Phi) is 6.80. The molecular weight excluding hydrogens is 302 g/mol. The lowest BCUT2D eigenvalue weighted by atomic mass is 10.2. The maximum Gasteiger partial charge on any atom is 0.407 e. The second kappa shape index (κ2) is 8.14. The minimum atomic E-state index is -0.950. The number of nitrogens with zero attached hydrogens (tertiary/aromatic N) is 1. The van der Waals surface area contributed by atoms with Gasteiger partial charge >= 0.3 is 12.1 Å². The molecular formula is C15H27N3O5. The van der Waals surface area contributed by atoms with Crippen LogP contribution in [0.5, 0.6) is 0 Å². The summed E-state index contributed by atoms with van der Waals surface area (Å²) in [6.07, 6.45) is 1.03. The summed E-state index contributed by atoms with van der Waals surface area (Å²) >= 11 is 0. The van der Waals surface area contributed by atoms with Gasteiger partial charge in [0.2, 0.25) is 5.91 Å². The van der Waals surface area contributed by atoms with Crippen molar-refractivity contribution in [1.29, 1.82) is 0 Å².